The van der Waals surface area contributed by atoms with E-state index in [9.17, 15) is 9.59 Å². The standard InChI is InChI=1S/C11H15BrN2O2/c1-3-13(4-2)10(15)8-14-7-5-6-9(12)11(14)16/h5-7H,3-4,8H2,1-2H3. The maximum atomic E-state index is 11.8. The third-order valence-electron chi connectivity index (χ3n) is 2.40. The molecule has 0 aliphatic carbocycles. The van der Waals surface area contributed by atoms with E-state index in [4.69, 9.17) is 0 Å². The number of carbonyl (C=O) groups excluding carboxylic acids is 1. The summed E-state index contributed by atoms with van der Waals surface area (Å²) in [5.41, 5.74) is -0.178. The Kier molecular flexibility index (Phi) is 4.73. The van der Waals surface area contributed by atoms with Gasteiger partial charge in [-0.1, -0.05) is 0 Å². The van der Waals surface area contributed by atoms with Gasteiger partial charge in [0.2, 0.25) is 5.91 Å². The highest BCUT2D eigenvalue weighted by atomic mass is 79.9. The van der Waals surface area contributed by atoms with Crippen molar-refractivity contribution in [3.8, 4) is 0 Å². The molecule has 1 amide bonds. The van der Waals surface area contributed by atoms with Gasteiger partial charge in [-0.25, -0.2) is 0 Å². The topological polar surface area (TPSA) is 42.3 Å². The molecule has 1 aromatic rings. The molecular weight excluding hydrogens is 272 g/mol. The first-order valence-corrected chi connectivity index (χ1v) is 6.02. The van der Waals surface area contributed by atoms with E-state index in [1.165, 1.54) is 4.57 Å². The molecule has 0 aliphatic heterocycles. The zero-order chi connectivity index (χ0) is 12.1. The molecule has 1 aromatic heterocycles. The number of rotatable bonds is 4. The van der Waals surface area contributed by atoms with Gasteiger partial charge in [-0.3, -0.25) is 9.59 Å². The molecule has 5 heteroatoms. The molecular formula is C11H15BrN2O2. The molecule has 0 radical (unpaired) electrons. The highest BCUT2D eigenvalue weighted by molar-refractivity contribution is 9.10. The summed E-state index contributed by atoms with van der Waals surface area (Å²) in [5.74, 6) is -0.0369. The number of aromatic nitrogens is 1. The van der Waals surface area contributed by atoms with Crippen LogP contribution in [0.4, 0.5) is 0 Å². The lowest BCUT2D eigenvalue weighted by Gasteiger charge is -2.19. The summed E-state index contributed by atoms with van der Waals surface area (Å²) in [6.45, 7) is 5.27. The van der Waals surface area contributed by atoms with E-state index in [0.717, 1.165) is 0 Å². The Labute approximate surface area is 103 Å². The largest absolute Gasteiger partial charge is 0.342 e. The Bertz CT molecular complexity index is 424. The molecule has 0 N–H and O–H groups in total. The first-order chi connectivity index (χ1) is 7.60. The minimum absolute atomic E-state index is 0.0369. The summed E-state index contributed by atoms with van der Waals surface area (Å²) >= 11 is 3.15. The number of halogens is 1. The van der Waals surface area contributed by atoms with Gasteiger partial charge in [-0.05, 0) is 41.9 Å². The van der Waals surface area contributed by atoms with Gasteiger partial charge in [0.25, 0.3) is 5.56 Å². The Morgan fingerprint density at radius 3 is 2.62 bits per heavy atom. The number of likely N-dealkylation sites (N-methyl/N-ethyl adjacent to an activating group) is 1. The van der Waals surface area contributed by atoms with E-state index < -0.39 is 0 Å². The predicted molar refractivity (Wildman–Crippen MR) is 66.3 cm³/mol. The number of hydrogen-bond donors (Lipinski definition) is 0. The maximum absolute atomic E-state index is 11.8. The first-order valence-electron chi connectivity index (χ1n) is 5.22. The molecule has 88 valence electrons. The van der Waals surface area contributed by atoms with E-state index in [0.29, 0.717) is 17.6 Å². The molecule has 0 saturated heterocycles. The average Bonchev–Trinajstić information content (AvgIpc) is 2.26. The second-order valence-corrected chi connectivity index (χ2v) is 4.21. The zero-order valence-corrected chi connectivity index (χ0v) is 11.0. The minimum Gasteiger partial charge on any atom is -0.342 e. The molecule has 4 nitrogen and oxygen atoms in total. The van der Waals surface area contributed by atoms with Crippen molar-refractivity contribution in [1.29, 1.82) is 0 Å². The Morgan fingerprint density at radius 1 is 1.44 bits per heavy atom. The second-order valence-electron chi connectivity index (χ2n) is 3.36. The fraction of sp³-hybridized carbons (Fsp3) is 0.455. The Hall–Kier alpha value is -1.10. The van der Waals surface area contributed by atoms with Crippen LogP contribution in [0, 0.1) is 0 Å². The molecule has 0 spiro atoms. The van der Waals surface area contributed by atoms with E-state index >= 15 is 0 Å². The van der Waals surface area contributed by atoms with Crippen LogP contribution in [0.1, 0.15) is 13.8 Å². The number of hydrogen-bond acceptors (Lipinski definition) is 2. The lowest BCUT2D eigenvalue weighted by molar-refractivity contribution is -0.131. The van der Waals surface area contributed by atoms with Crippen molar-refractivity contribution in [1.82, 2.24) is 9.47 Å². The molecule has 0 bridgehead atoms. The van der Waals surface area contributed by atoms with Gasteiger partial charge in [0.1, 0.15) is 6.54 Å². The van der Waals surface area contributed by atoms with Crippen molar-refractivity contribution >= 4 is 21.8 Å². The molecule has 0 aromatic carbocycles. The summed E-state index contributed by atoms with van der Waals surface area (Å²) in [5, 5.41) is 0. The lowest BCUT2D eigenvalue weighted by Crippen LogP contribution is -2.36. The SMILES string of the molecule is CCN(CC)C(=O)Cn1cccc(Br)c1=O. The quantitative estimate of drug-likeness (QED) is 0.841. The Balaban J connectivity index is 2.85. The fourth-order valence-corrected chi connectivity index (χ4v) is 1.83. The fourth-order valence-electron chi connectivity index (χ4n) is 1.45. The second kappa shape index (κ2) is 5.84. The van der Waals surface area contributed by atoms with Gasteiger partial charge in [0.05, 0.1) is 4.47 Å². The number of nitrogens with zero attached hydrogens (tertiary/aromatic N) is 2. The van der Waals surface area contributed by atoms with Gasteiger partial charge in [0, 0.05) is 19.3 Å². The van der Waals surface area contributed by atoms with Crippen LogP contribution in [-0.2, 0) is 11.3 Å². The van der Waals surface area contributed by atoms with Gasteiger partial charge < -0.3 is 9.47 Å². The molecule has 0 fully saturated rings. The molecule has 1 heterocycles. The zero-order valence-electron chi connectivity index (χ0n) is 9.44. The van der Waals surface area contributed by atoms with Crippen molar-refractivity contribution in [2.75, 3.05) is 13.1 Å². The molecule has 16 heavy (non-hydrogen) atoms. The van der Waals surface area contributed by atoms with Crippen LogP contribution in [-0.4, -0.2) is 28.5 Å². The molecule has 0 atom stereocenters. The summed E-state index contributed by atoms with van der Waals surface area (Å²) in [7, 11) is 0. The van der Waals surface area contributed by atoms with Crippen LogP contribution in [0.2, 0.25) is 0 Å². The van der Waals surface area contributed by atoms with Gasteiger partial charge >= 0.3 is 0 Å². The highest BCUT2D eigenvalue weighted by Crippen LogP contribution is 2.01. The van der Waals surface area contributed by atoms with E-state index in [-0.39, 0.29) is 18.0 Å². The monoisotopic (exact) mass is 286 g/mol. The van der Waals surface area contributed by atoms with Crippen LogP contribution >= 0.6 is 15.9 Å². The van der Waals surface area contributed by atoms with Gasteiger partial charge in [-0.15, -0.1) is 0 Å². The smallest absolute Gasteiger partial charge is 0.265 e. The van der Waals surface area contributed by atoms with Crippen molar-refractivity contribution in [2.24, 2.45) is 0 Å². The minimum atomic E-state index is -0.178. The molecule has 0 saturated carbocycles. The third-order valence-corrected chi connectivity index (χ3v) is 3.00. The van der Waals surface area contributed by atoms with Crippen molar-refractivity contribution in [2.45, 2.75) is 20.4 Å². The number of pyridine rings is 1. The van der Waals surface area contributed by atoms with E-state index in [2.05, 4.69) is 15.9 Å². The Morgan fingerprint density at radius 2 is 2.06 bits per heavy atom. The molecule has 0 unspecified atom stereocenters. The summed E-state index contributed by atoms with van der Waals surface area (Å²) in [4.78, 5) is 25.1. The first kappa shape index (κ1) is 13.0. The van der Waals surface area contributed by atoms with Crippen LogP contribution in [0.25, 0.3) is 0 Å². The lowest BCUT2D eigenvalue weighted by atomic mass is 10.4. The maximum Gasteiger partial charge on any atom is 0.265 e. The predicted octanol–water partition coefficient (Wildman–Crippen LogP) is 1.48. The van der Waals surface area contributed by atoms with Gasteiger partial charge in [0.15, 0.2) is 0 Å². The third kappa shape index (κ3) is 2.95. The van der Waals surface area contributed by atoms with Crippen LogP contribution in [0.3, 0.4) is 0 Å². The van der Waals surface area contributed by atoms with Crippen LogP contribution in [0.15, 0.2) is 27.6 Å². The summed E-state index contributed by atoms with van der Waals surface area (Å²) in [6.07, 6.45) is 1.62. The number of amides is 1. The molecule has 1 rings (SSSR count). The van der Waals surface area contributed by atoms with E-state index in [1.54, 1.807) is 23.2 Å². The number of carbonyl (C=O) groups is 1. The van der Waals surface area contributed by atoms with Crippen molar-refractivity contribution in [3.05, 3.63) is 33.2 Å². The van der Waals surface area contributed by atoms with Gasteiger partial charge in [-0.2, -0.15) is 0 Å². The van der Waals surface area contributed by atoms with Crippen LogP contribution < -0.4 is 5.56 Å². The van der Waals surface area contributed by atoms with Crippen LogP contribution in [0.5, 0.6) is 0 Å². The summed E-state index contributed by atoms with van der Waals surface area (Å²) < 4.78 is 1.88. The highest BCUT2D eigenvalue weighted by Gasteiger charge is 2.11. The van der Waals surface area contributed by atoms with Crippen molar-refractivity contribution in [3.63, 3.8) is 0 Å². The van der Waals surface area contributed by atoms with Crippen molar-refractivity contribution < 1.29 is 4.79 Å². The van der Waals surface area contributed by atoms with E-state index in [1.807, 2.05) is 13.8 Å². The average molecular weight is 287 g/mol. The summed E-state index contributed by atoms with van der Waals surface area (Å²) in [6, 6.07) is 3.40. The molecule has 0 aliphatic rings. The normalized spacial score (nSPS) is 10.2.